The van der Waals surface area contributed by atoms with Gasteiger partial charge in [-0.3, -0.25) is 4.79 Å². The van der Waals surface area contributed by atoms with Crippen LogP contribution >= 0.6 is 0 Å². The van der Waals surface area contributed by atoms with Gasteiger partial charge < -0.3 is 20.2 Å². The smallest absolute Gasteiger partial charge is 0.320 e. The second-order valence-corrected chi connectivity index (χ2v) is 6.52. The van der Waals surface area contributed by atoms with E-state index in [1.807, 2.05) is 32.6 Å². The van der Waals surface area contributed by atoms with Gasteiger partial charge in [-0.15, -0.1) is 0 Å². The number of nitrogens with zero attached hydrogens (tertiary/aromatic N) is 2. The van der Waals surface area contributed by atoms with Crippen LogP contribution in [0.4, 0.5) is 4.79 Å². The fraction of sp³-hybridized carbons (Fsp3) is 0.867. The lowest BCUT2D eigenvalue weighted by molar-refractivity contribution is -0.137. The van der Waals surface area contributed by atoms with E-state index in [0.29, 0.717) is 6.54 Å². The lowest BCUT2D eigenvalue weighted by atomic mass is 10.0. The van der Waals surface area contributed by atoms with Crippen LogP contribution in [0.5, 0.6) is 0 Å². The van der Waals surface area contributed by atoms with Crippen LogP contribution in [-0.2, 0) is 4.79 Å². The van der Waals surface area contributed by atoms with E-state index in [0.717, 1.165) is 25.9 Å². The summed E-state index contributed by atoms with van der Waals surface area (Å²) in [5, 5.41) is 12.2. The second kappa shape index (κ2) is 7.64. The van der Waals surface area contributed by atoms with E-state index in [4.69, 9.17) is 5.11 Å². The summed E-state index contributed by atoms with van der Waals surface area (Å²) >= 11 is 0. The predicted molar refractivity (Wildman–Crippen MR) is 82.4 cm³/mol. The Morgan fingerprint density at radius 1 is 1.24 bits per heavy atom. The third-order valence-corrected chi connectivity index (χ3v) is 3.93. The monoisotopic (exact) mass is 299 g/mol. The summed E-state index contributed by atoms with van der Waals surface area (Å²) in [6.07, 6.45) is 1.89. The van der Waals surface area contributed by atoms with Gasteiger partial charge in [0.2, 0.25) is 0 Å². The maximum absolute atomic E-state index is 12.9. The lowest BCUT2D eigenvalue weighted by Crippen LogP contribution is -2.56. The third-order valence-electron chi connectivity index (χ3n) is 3.93. The standard InChI is InChI=1S/C15H29N3O3/c1-5-17(12-6-9-16-10-7-12)14(21)18(15(2,3)4)11-8-13(19)20/h12,16H,5-11H2,1-4H3,(H,19,20). The van der Waals surface area contributed by atoms with Crippen LogP contribution < -0.4 is 5.32 Å². The fourth-order valence-corrected chi connectivity index (χ4v) is 2.75. The molecule has 0 bridgehead atoms. The van der Waals surface area contributed by atoms with Gasteiger partial charge in [0, 0.05) is 24.7 Å². The van der Waals surface area contributed by atoms with Gasteiger partial charge >= 0.3 is 12.0 Å². The van der Waals surface area contributed by atoms with Crippen molar-refractivity contribution in [2.75, 3.05) is 26.2 Å². The number of aliphatic carboxylic acids is 1. The molecule has 21 heavy (non-hydrogen) atoms. The highest BCUT2D eigenvalue weighted by atomic mass is 16.4. The van der Waals surface area contributed by atoms with Gasteiger partial charge in [-0.25, -0.2) is 4.79 Å². The Hall–Kier alpha value is -1.30. The molecule has 1 heterocycles. The van der Waals surface area contributed by atoms with Crippen molar-refractivity contribution >= 4 is 12.0 Å². The molecule has 0 aliphatic carbocycles. The maximum atomic E-state index is 12.9. The van der Waals surface area contributed by atoms with Crippen molar-refractivity contribution in [3.05, 3.63) is 0 Å². The molecule has 0 spiro atoms. The van der Waals surface area contributed by atoms with E-state index in [1.54, 1.807) is 4.90 Å². The summed E-state index contributed by atoms with van der Waals surface area (Å²) in [5.41, 5.74) is -0.382. The average Bonchev–Trinajstić information content (AvgIpc) is 2.39. The molecule has 6 nitrogen and oxygen atoms in total. The molecule has 0 aromatic rings. The zero-order valence-electron chi connectivity index (χ0n) is 13.7. The summed E-state index contributed by atoms with van der Waals surface area (Å²) in [7, 11) is 0. The molecule has 1 aliphatic heterocycles. The highest BCUT2D eigenvalue weighted by molar-refractivity contribution is 5.76. The topological polar surface area (TPSA) is 72.9 Å². The number of hydrogen-bond acceptors (Lipinski definition) is 3. The molecule has 122 valence electrons. The normalized spacial score (nSPS) is 16.6. The molecule has 6 heteroatoms. The quantitative estimate of drug-likeness (QED) is 0.811. The summed E-state index contributed by atoms with van der Waals surface area (Å²) < 4.78 is 0. The summed E-state index contributed by atoms with van der Waals surface area (Å²) in [5.74, 6) is -0.873. The first kappa shape index (κ1) is 17.8. The third kappa shape index (κ3) is 5.19. The van der Waals surface area contributed by atoms with Gasteiger partial charge in [-0.05, 0) is 53.6 Å². The number of carbonyl (C=O) groups is 2. The molecule has 0 unspecified atom stereocenters. The number of carboxylic acids is 1. The molecule has 0 radical (unpaired) electrons. The number of nitrogens with one attached hydrogen (secondary N) is 1. The number of hydrogen-bond donors (Lipinski definition) is 2. The Morgan fingerprint density at radius 2 is 1.81 bits per heavy atom. The Kier molecular flexibility index (Phi) is 6.45. The SMILES string of the molecule is CCN(C(=O)N(CCC(=O)O)C(C)(C)C)C1CCNCC1. The number of carboxylic acid groups (broad SMARTS) is 1. The highest BCUT2D eigenvalue weighted by Crippen LogP contribution is 2.20. The minimum absolute atomic E-state index is 0.0210. The first-order chi connectivity index (χ1) is 9.77. The molecular formula is C15H29N3O3. The minimum Gasteiger partial charge on any atom is -0.481 e. The Morgan fingerprint density at radius 3 is 2.24 bits per heavy atom. The molecule has 0 aromatic heterocycles. The van der Waals surface area contributed by atoms with Crippen LogP contribution in [0.2, 0.25) is 0 Å². The van der Waals surface area contributed by atoms with Crippen LogP contribution in [0, 0.1) is 0 Å². The number of carbonyl (C=O) groups excluding carboxylic acids is 1. The average molecular weight is 299 g/mol. The number of piperidine rings is 1. The largest absolute Gasteiger partial charge is 0.481 e. The maximum Gasteiger partial charge on any atom is 0.320 e. The van der Waals surface area contributed by atoms with Gasteiger partial charge in [-0.2, -0.15) is 0 Å². The fourth-order valence-electron chi connectivity index (χ4n) is 2.75. The van der Waals surface area contributed by atoms with Crippen LogP contribution in [0.25, 0.3) is 0 Å². The summed E-state index contributed by atoms with van der Waals surface area (Å²) in [4.78, 5) is 27.3. The molecule has 1 rings (SSSR count). The molecule has 0 atom stereocenters. The molecule has 2 amide bonds. The molecule has 0 aromatic carbocycles. The molecular weight excluding hydrogens is 270 g/mol. The van der Waals surface area contributed by atoms with Crippen molar-refractivity contribution in [3.8, 4) is 0 Å². The number of urea groups is 1. The second-order valence-electron chi connectivity index (χ2n) is 6.52. The van der Waals surface area contributed by atoms with Gasteiger partial charge in [-0.1, -0.05) is 0 Å². The van der Waals surface area contributed by atoms with Crippen molar-refractivity contribution < 1.29 is 14.7 Å². The van der Waals surface area contributed by atoms with E-state index in [-0.39, 0.29) is 30.6 Å². The van der Waals surface area contributed by atoms with Gasteiger partial charge in [0.05, 0.1) is 6.42 Å². The van der Waals surface area contributed by atoms with Crippen LogP contribution in [0.3, 0.4) is 0 Å². The van der Waals surface area contributed by atoms with Crippen LogP contribution in [0.15, 0.2) is 0 Å². The van der Waals surface area contributed by atoms with Gasteiger partial charge in [0.15, 0.2) is 0 Å². The zero-order chi connectivity index (χ0) is 16.0. The van der Waals surface area contributed by atoms with Crippen molar-refractivity contribution in [1.82, 2.24) is 15.1 Å². The van der Waals surface area contributed by atoms with Gasteiger partial charge in [0.1, 0.15) is 0 Å². The van der Waals surface area contributed by atoms with E-state index >= 15 is 0 Å². The molecule has 1 aliphatic rings. The molecule has 0 saturated carbocycles. The van der Waals surface area contributed by atoms with E-state index < -0.39 is 5.97 Å². The molecule has 1 fully saturated rings. The lowest BCUT2D eigenvalue weighted by Gasteiger charge is -2.42. The molecule has 1 saturated heterocycles. The Balaban J connectivity index is 2.82. The first-order valence-electron chi connectivity index (χ1n) is 7.78. The van der Waals surface area contributed by atoms with Crippen molar-refractivity contribution in [3.63, 3.8) is 0 Å². The number of rotatable bonds is 5. The van der Waals surface area contributed by atoms with E-state index in [2.05, 4.69) is 5.32 Å². The Bertz CT molecular complexity index is 360. The predicted octanol–water partition coefficient (Wildman–Crippen LogP) is 1.76. The van der Waals surface area contributed by atoms with Crippen molar-refractivity contribution in [2.24, 2.45) is 0 Å². The Labute approximate surface area is 127 Å². The minimum atomic E-state index is -0.873. The van der Waals surface area contributed by atoms with Crippen molar-refractivity contribution in [2.45, 2.75) is 58.5 Å². The first-order valence-corrected chi connectivity index (χ1v) is 7.78. The van der Waals surface area contributed by atoms with Crippen molar-refractivity contribution in [1.29, 1.82) is 0 Å². The van der Waals surface area contributed by atoms with E-state index in [9.17, 15) is 9.59 Å². The van der Waals surface area contributed by atoms with Crippen LogP contribution in [0.1, 0.15) is 47.0 Å². The zero-order valence-corrected chi connectivity index (χ0v) is 13.7. The van der Waals surface area contributed by atoms with E-state index in [1.165, 1.54) is 0 Å². The van der Waals surface area contributed by atoms with Crippen LogP contribution in [-0.4, -0.2) is 64.7 Å². The number of amides is 2. The van der Waals surface area contributed by atoms with Gasteiger partial charge in [0.25, 0.3) is 0 Å². The summed E-state index contributed by atoms with van der Waals surface area (Å²) in [6, 6.07) is 0.205. The molecule has 2 N–H and O–H groups in total. The highest BCUT2D eigenvalue weighted by Gasteiger charge is 2.33. The summed E-state index contributed by atoms with van der Waals surface area (Å²) in [6.45, 7) is 10.6.